The van der Waals surface area contributed by atoms with Crippen LogP contribution in [0.3, 0.4) is 0 Å². The highest BCUT2D eigenvalue weighted by molar-refractivity contribution is 7.26. The number of fused-ring (bicyclic) bond motifs is 11. The Hall–Kier alpha value is -6.94. The maximum atomic E-state index is 2.46. The van der Waals surface area contributed by atoms with Crippen LogP contribution in [0.4, 0.5) is 0 Å². The first-order valence-electron chi connectivity index (χ1n) is 18.8. The maximum absolute atomic E-state index is 2.46. The van der Waals surface area contributed by atoms with Crippen LogP contribution in [0.2, 0.25) is 0 Å². The van der Waals surface area contributed by atoms with Crippen molar-refractivity contribution >= 4 is 85.9 Å². The Kier molecular flexibility index (Phi) is 6.54. The zero-order chi connectivity index (χ0) is 36.0. The number of para-hydroxylation sites is 1. The van der Waals surface area contributed by atoms with E-state index in [0.29, 0.717) is 0 Å². The standard InChI is InChI=1S/C52H32N2S/c1-2-11-33(12-3-1)36-15-10-16-39(29-36)53-46-19-8-6-17-41(46)44-31-37(22-26-47(44)53)38-23-27-48-45(32-38)51-49(28-25-43-42-18-7-9-20-50(42)55-52(43)51)54(48)40-24-21-34-13-4-5-14-35(34)30-40/h1-32H. The summed E-state index contributed by atoms with van der Waals surface area (Å²) in [6.45, 7) is 0. The van der Waals surface area contributed by atoms with Crippen LogP contribution in [-0.2, 0) is 0 Å². The van der Waals surface area contributed by atoms with Gasteiger partial charge < -0.3 is 9.13 Å². The molecule has 0 unspecified atom stereocenters. The average molecular weight is 717 g/mol. The molecule has 3 aromatic heterocycles. The summed E-state index contributed by atoms with van der Waals surface area (Å²) in [5, 5.41) is 10.2. The fourth-order valence-corrected chi connectivity index (χ4v) is 10.2. The van der Waals surface area contributed by atoms with Crippen LogP contribution >= 0.6 is 11.3 Å². The second-order valence-corrected chi connectivity index (χ2v) is 15.6. The van der Waals surface area contributed by atoms with Gasteiger partial charge in [0.05, 0.1) is 22.1 Å². The number of aromatic nitrogens is 2. The summed E-state index contributed by atoms with van der Waals surface area (Å²) in [4.78, 5) is 0. The molecular formula is C52H32N2S. The highest BCUT2D eigenvalue weighted by atomic mass is 32.1. The second-order valence-electron chi connectivity index (χ2n) is 14.5. The summed E-state index contributed by atoms with van der Waals surface area (Å²) in [6, 6.07) is 71.4. The van der Waals surface area contributed by atoms with Crippen molar-refractivity contribution in [1.82, 2.24) is 9.13 Å². The van der Waals surface area contributed by atoms with Gasteiger partial charge in [0.15, 0.2) is 0 Å². The first kappa shape index (κ1) is 30.5. The summed E-state index contributed by atoms with van der Waals surface area (Å²) < 4.78 is 7.55. The van der Waals surface area contributed by atoms with Crippen molar-refractivity contribution < 1.29 is 0 Å². The summed E-state index contributed by atoms with van der Waals surface area (Å²) in [6.07, 6.45) is 0. The molecule has 0 amide bonds. The lowest BCUT2D eigenvalue weighted by molar-refractivity contribution is 1.18. The molecule has 2 nitrogen and oxygen atoms in total. The van der Waals surface area contributed by atoms with Gasteiger partial charge in [-0.1, -0.05) is 127 Å². The van der Waals surface area contributed by atoms with E-state index in [1.165, 1.54) is 102 Å². The molecule has 0 fully saturated rings. The lowest BCUT2D eigenvalue weighted by atomic mass is 10.00. The van der Waals surface area contributed by atoms with Crippen LogP contribution in [0.15, 0.2) is 194 Å². The molecule has 0 N–H and O–H groups in total. The number of nitrogens with zero attached hydrogens (tertiary/aromatic N) is 2. The fraction of sp³-hybridized carbons (Fsp3) is 0. The summed E-state index contributed by atoms with van der Waals surface area (Å²) in [5.41, 5.74) is 12.1. The highest BCUT2D eigenvalue weighted by Crippen LogP contribution is 2.45. The highest BCUT2D eigenvalue weighted by Gasteiger charge is 2.19. The molecule has 0 atom stereocenters. The Bertz CT molecular complexity index is 3490. The van der Waals surface area contributed by atoms with E-state index >= 15 is 0 Å². The molecule has 0 spiro atoms. The van der Waals surface area contributed by atoms with Gasteiger partial charge in [-0.15, -0.1) is 11.3 Å². The topological polar surface area (TPSA) is 9.86 Å². The number of thiophene rings is 1. The van der Waals surface area contributed by atoms with Gasteiger partial charge in [0.25, 0.3) is 0 Å². The van der Waals surface area contributed by atoms with Crippen molar-refractivity contribution in [2.24, 2.45) is 0 Å². The molecule has 0 aliphatic rings. The molecule has 0 bridgehead atoms. The molecule has 9 aromatic carbocycles. The van der Waals surface area contributed by atoms with Crippen molar-refractivity contribution in [3.63, 3.8) is 0 Å². The fourth-order valence-electron chi connectivity index (χ4n) is 8.95. The summed E-state index contributed by atoms with van der Waals surface area (Å²) >= 11 is 1.91. The lowest BCUT2D eigenvalue weighted by Crippen LogP contribution is -1.94. The largest absolute Gasteiger partial charge is 0.309 e. The predicted octanol–water partition coefficient (Wildman–Crippen LogP) is 14.7. The van der Waals surface area contributed by atoms with Gasteiger partial charge in [0.2, 0.25) is 0 Å². The zero-order valence-corrected chi connectivity index (χ0v) is 30.6. The molecule has 3 heteroatoms. The Labute approximate surface area is 321 Å². The van der Waals surface area contributed by atoms with Crippen LogP contribution in [0, 0.1) is 0 Å². The van der Waals surface area contributed by atoms with E-state index in [9.17, 15) is 0 Å². The van der Waals surface area contributed by atoms with E-state index in [1.54, 1.807) is 0 Å². The quantitative estimate of drug-likeness (QED) is 0.172. The number of hydrogen-bond donors (Lipinski definition) is 0. The van der Waals surface area contributed by atoms with Gasteiger partial charge >= 0.3 is 0 Å². The molecule has 0 aliphatic carbocycles. The predicted molar refractivity (Wildman–Crippen MR) is 236 cm³/mol. The number of benzene rings is 9. The van der Waals surface area contributed by atoms with Crippen LogP contribution in [-0.4, -0.2) is 9.13 Å². The average Bonchev–Trinajstić information content (AvgIpc) is 3.91. The van der Waals surface area contributed by atoms with Gasteiger partial charge in [-0.25, -0.2) is 0 Å². The minimum atomic E-state index is 1.16. The van der Waals surface area contributed by atoms with Crippen molar-refractivity contribution in [2.45, 2.75) is 0 Å². The van der Waals surface area contributed by atoms with Crippen LogP contribution in [0.1, 0.15) is 0 Å². The number of rotatable bonds is 4. The Morgan fingerprint density at radius 1 is 0.309 bits per heavy atom. The summed E-state index contributed by atoms with van der Waals surface area (Å²) in [5.74, 6) is 0. The first-order valence-corrected chi connectivity index (χ1v) is 19.7. The van der Waals surface area contributed by atoms with Gasteiger partial charge in [-0.2, -0.15) is 0 Å². The Morgan fingerprint density at radius 2 is 0.927 bits per heavy atom. The molecule has 0 saturated heterocycles. The van der Waals surface area contributed by atoms with Crippen molar-refractivity contribution in [2.75, 3.05) is 0 Å². The van der Waals surface area contributed by atoms with Crippen LogP contribution < -0.4 is 0 Å². The smallest absolute Gasteiger partial charge is 0.0555 e. The van der Waals surface area contributed by atoms with Crippen molar-refractivity contribution in [3.8, 4) is 33.6 Å². The first-order chi connectivity index (χ1) is 27.3. The second kappa shape index (κ2) is 11.8. The minimum absolute atomic E-state index is 1.16. The zero-order valence-electron chi connectivity index (χ0n) is 29.8. The van der Waals surface area contributed by atoms with Crippen LogP contribution in [0.5, 0.6) is 0 Å². The van der Waals surface area contributed by atoms with E-state index in [2.05, 4.69) is 203 Å². The molecule has 0 radical (unpaired) electrons. The maximum Gasteiger partial charge on any atom is 0.0555 e. The Morgan fingerprint density at radius 3 is 1.80 bits per heavy atom. The summed E-state index contributed by atoms with van der Waals surface area (Å²) in [7, 11) is 0. The normalized spacial score (nSPS) is 12.0. The molecule has 0 saturated carbocycles. The molecule has 3 heterocycles. The van der Waals surface area contributed by atoms with Gasteiger partial charge in [-0.3, -0.25) is 0 Å². The third kappa shape index (κ3) is 4.60. The molecule has 256 valence electrons. The number of hydrogen-bond acceptors (Lipinski definition) is 1. The van der Waals surface area contributed by atoms with Crippen molar-refractivity contribution in [3.05, 3.63) is 194 Å². The molecule has 12 aromatic rings. The monoisotopic (exact) mass is 716 g/mol. The third-order valence-corrected chi connectivity index (χ3v) is 12.7. The van der Waals surface area contributed by atoms with Gasteiger partial charge in [0, 0.05) is 53.1 Å². The van der Waals surface area contributed by atoms with Gasteiger partial charge in [-0.05, 0) is 99.8 Å². The molecule has 0 aliphatic heterocycles. The van der Waals surface area contributed by atoms with Crippen LogP contribution in [0.25, 0.3) is 108 Å². The van der Waals surface area contributed by atoms with E-state index in [1.807, 2.05) is 11.3 Å². The minimum Gasteiger partial charge on any atom is -0.309 e. The molecule has 12 rings (SSSR count). The van der Waals surface area contributed by atoms with E-state index in [4.69, 9.17) is 0 Å². The molecule has 55 heavy (non-hydrogen) atoms. The SMILES string of the molecule is c1ccc(-c2cccc(-n3c4ccccc4c4cc(-c5ccc6c(c5)c5c7sc8ccccc8c7ccc5n6-c5ccc6ccccc6c5)ccc43)c2)cc1. The van der Waals surface area contributed by atoms with Gasteiger partial charge in [0.1, 0.15) is 0 Å². The molecular weight excluding hydrogens is 685 g/mol. The third-order valence-electron chi connectivity index (χ3n) is 11.5. The van der Waals surface area contributed by atoms with E-state index < -0.39 is 0 Å². The van der Waals surface area contributed by atoms with Crippen molar-refractivity contribution in [1.29, 1.82) is 0 Å². The van der Waals surface area contributed by atoms with E-state index in [0.717, 1.165) is 5.69 Å². The lowest BCUT2D eigenvalue weighted by Gasteiger charge is -2.11. The Balaban J connectivity index is 1.09. The van der Waals surface area contributed by atoms with E-state index in [-0.39, 0.29) is 0 Å².